The number of aliphatic hydroxyl groups is 2. The first-order valence-electron chi connectivity index (χ1n) is 5.30. The van der Waals surface area contributed by atoms with Crippen molar-refractivity contribution in [3.8, 4) is 0 Å². The van der Waals surface area contributed by atoms with Gasteiger partial charge < -0.3 is 14.9 Å². The van der Waals surface area contributed by atoms with Crippen LogP contribution in [0.3, 0.4) is 0 Å². The highest BCUT2D eigenvalue weighted by molar-refractivity contribution is 5.69. The van der Waals surface area contributed by atoms with E-state index >= 15 is 0 Å². The highest BCUT2D eigenvalue weighted by atomic mass is 16.5. The number of hydrogen-bond acceptors (Lipinski definition) is 4. The number of carbonyl (C=O) groups excluding carboxylic acids is 1. The zero-order chi connectivity index (χ0) is 11.5. The molecule has 0 saturated carbocycles. The second-order valence-corrected chi connectivity index (χ2v) is 3.32. The predicted octanol–water partition coefficient (Wildman–Crippen LogP) is 1.02. The topological polar surface area (TPSA) is 66.8 Å². The lowest BCUT2D eigenvalue weighted by molar-refractivity contribution is -0.147. The maximum Gasteiger partial charge on any atom is 0.306 e. The summed E-state index contributed by atoms with van der Waals surface area (Å²) < 4.78 is 4.72. The Kier molecular flexibility index (Phi) is 9.11. The molecule has 2 N–H and O–H groups in total. The maximum atomic E-state index is 11.0. The Morgan fingerprint density at radius 3 is 2.67 bits per heavy atom. The molecule has 0 saturated heterocycles. The van der Waals surface area contributed by atoms with E-state index in [0.29, 0.717) is 12.8 Å². The number of aliphatic hydroxyl groups excluding tert-OH is 2. The molecule has 0 aromatic rings. The summed E-state index contributed by atoms with van der Waals surface area (Å²) in [6, 6.07) is 0. The van der Waals surface area contributed by atoms with Crippen LogP contribution in [0.4, 0.5) is 0 Å². The average Bonchev–Trinajstić information content (AvgIpc) is 2.25. The number of rotatable bonds is 8. The summed E-state index contributed by atoms with van der Waals surface area (Å²) in [4.78, 5) is 11.0. The summed E-state index contributed by atoms with van der Waals surface area (Å²) in [7, 11) is 0. The number of carbonyl (C=O) groups is 1. The molecule has 0 rings (SSSR count). The molecule has 0 aromatic heterocycles. The van der Waals surface area contributed by atoms with E-state index in [1.54, 1.807) is 0 Å². The van der Waals surface area contributed by atoms with Gasteiger partial charge in [-0.15, -0.1) is 0 Å². The molecule has 1 atom stereocenters. The number of hydrogen-bond donors (Lipinski definition) is 2. The van der Waals surface area contributed by atoms with Gasteiger partial charge in [0.1, 0.15) is 12.7 Å². The Labute approximate surface area is 90.6 Å². The van der Waals surface area contributed by atoms with Crippen molar-refractivity contribution in [3.63, 3.8) is 0 Å². The lowest BCUT2D eigenvalue weighted by Crippen LogP contribution is -2.21. The second-order valence-electron chi connectivity index (χ2n) is 3.32. The van der Waals surface area contributed by atoms with Gasteiger partial charge in [0.25, 0.3) is 0 Å². The summed E-state index contributed by atoms with van der Waals surface area (Å²) in [5.41, 5.74) is 0. The lowest BCUT2D eigenvalue weighted by Gasteiger charge is -2.07. The fourth-order valence-corrected chi connectivity index (χ4v) is 0.918. The third kappa shape index (κ3) is 9.43. The Balaban J connectivity index is 3.41. The van der Waals surface area contributed by atoms with Crippen molar-refractivity contribution in [2.75, 3.05) is 13.2 Å². The molecule has 0 fully saturated rings. The molecular weight excluding hydrogens is 196 g/mol. The van der Waals surface area contributed by atoms with Crippen LogP contribution in [0.5, 0.6) is 0 Å². The van der Waals surface area contributed by atoms with Crippen molar-refractivity contribution in [3.05, 3.63) is 12.2 Å². The Hall–Kier alpha value is -0.870. The summed E-state index contributed by atoms with van der Waals surface area (Å²) in [6.45, 7) is 1.58. The number of unbranched alkanes of at least 4 members (excludes halogenated alkanes) is 1. The van der Waals surface area contributed by atoms with E-state index < -0.39 is 6.10 Å². The van der Waals surface area contributed by atoms with E-state index in [4.69, 9.17) is 14.9 Å². The van der Waals surface area contributed by atoms with Crippen LogP contribution in [-0.4, -0.2) is 35.5 Å². The third-order valence-corrected chi connectivity index (χ3v) is 1.78. The molecule has 0 aliphatic heterocycles. The van der Waals surface area contributed by atoms with Crippen molar-refractivity contribution < 1.29 is 19.7 Å². The van der Waals surface area contributed by atoms with Gasteiger partial charge in [0, 0.05) is 6.42 Å². The second kappa shape index (κ2) is 9.68. The minimum absolute atomic E-state index is 0.131. The van der Waals surface area contributed by atoms with Crippen LogP contribution in [-0.2, 0) is 9.53 Å². The average molecular weight is 216 g/mol. The van der Waals surface area contributed by atoms with Gasteiger partial charge in [0.2, 0.25) is 0 Å². The lowest BCUT2D eigenvalue weighted by atomic mass is 10.2. The first kappa shape index (κ1) is 14.1. The zero-order valence-corrected chi connectivity index (χ0v) is 9.19. The summed E-state index contributed by atoms with van der Waals surface area (Å²) in [5.74, 6) is -0.344. The fourth-order valence-electron chi connectivity index (χ4n) is 0.918. The third-order valence-electron chi connectivity index (χ3n) is 1.78. The van der Waals surface area contributed by atoms with Crippen molar-refractivity contribution in [1.82, 2.24) is 0 Å². The number of ether oxygens (including phenoxy) is 1. The molecule has 0 radical (unpaired) electrons. The minimum atomic E-state index is -0.968. The standard InChI is InChI=1S/C11H20O4/c1-2-3-4-5-6-7-11(14)15-9-10(13)8-12/h4-5,10,12-13H,2-3,6-9H2,1H3. The number of allylic oxidation sites excluding steroid dienone is 2. The first-order chi connectivity index (χ1) is 7.20. The van der Waals surface area contributed by atoms with Crippen molar-refractivity contribution in [1.29, 1.82) is 0 Å². The molecule has 4 nitrogen and oxygen atoms in total. The van der Waals surface area contributed by atoms with E-state index in [-0.39, 0.29) is 19.2 Å². The SMILES string of the molecule is CCCC=CCCC(=O)OCC(O)CO. The summed E-state index contributed by atoms with van der Waals surface area (Å²) >= 11 is 0. The predicted molar refractivity (Wildman–Crippen MR) is 57.3 cm³/mol. The summed E-state index contributed by atoms with van der Waals surface area (Å²) in [5, 5.41) is 17.4. The molecule has 88 valence electrons. The van der Waals surface area contributed by atoms with Gasteiger partial charge >= 0.3 is 5.97 Å². The molecule has 0 spiro atoms. The Bertz CT molecular complexity index is 189. The van der Waals surface area contributed by atoms with Gasteiger partial charge in [-0.25, -0.2) is 0 Å². The summed E-state index contributed by atoms with van der Waals surface area (Å²) in [6.07, 6.45) is 6.13. The quantitative estimate of drug-likeness (QED) is 0.469. The van der Waals surface area contributed by atoms with Crippen LogP contribution in [0.2, 0.25) is 0 Å². The Morgan fingerprint density at radius 2 is 2.07 bits per heavy atom. The van der Waals surface area contributed by atoms with E-state index in [9.17, 15) is 4.79 Å². The van der Waals surface area contributed by atoms with Crippen molar-refractivity contribution >= 4 is 5.97 Å². The zero-order valence-electron chi connectivity index (χ0n) is 9.19. The Morgan fingerprint density at radius 1 is 1.40 bits per heavy atom. The van der Waals surface area contributed by atoms with Crippen LogP contribution < -0.4 is 0 Å². The van der Waals surface area contributed by atoms with E-state index in [0.717, 1.165) is 12.8 Å². The van der Waals surface area contributed by atoms with Crippen LogP contribution >= 0.6 is 0 Å². The molecule has 0 aliphatic carbocycles. The fraction of sp³-hybridized carbons (Fsp3) is 0.727. The smallest absolute Gasteiger partial charge is 0.306 e. The largest absolute Gasteiger partial charge is 0.463 e. The van der Waals surface area contributed by atoms with Gasteiger partial charge in [-0.2, -0.15) is 0 Å². The highest BCUT2D eigenvalue weighted by Gasteiger charge is 2.06. The van der Waals surface area contributed by atoms with Gasteiger partial charge in [0.15, 0.2) is 0 Å². The van der Waals surface area contributed by atoms with Gasteiger partial charge in [-0.3, -0.25) is 4.79 Å². The molecule has 1 unspecified atom stereocenters. The van der Waals surface area contributed by atoms with Gasteiger partial charge in [-0.05, 0) is 12.8 Å². The minimum Gasteiger partial charge on any atom is -0.463 e. The molecular formula is C11H20O4. The van der Waals surface area contributed by atoms with Crippen LogP contribution in [0.15, 0.2) is 12.2 Å². The van der Waals surface area contributed by atoms with Crippen LogP contribution in [0, 0.1) is 0 Å². The van der Waals surface area contributed by atoms with Crippen LogP contribution in [0.1, 0.15) is 32.6 Å². The monoisotopic (exact) mass is 216 g/mol. The molecule has 0 bridgehead atoms. The molecule has 0 amide bonds. The first-order valence-corrected chi connectivity index (χ1v) is 5.30. The van der Waals surface area contributed by atoms with Crippen molar-refractivity contribution in [2.45, 2.75) is 38.7 Å². The molecule has 0 heterocycles. The maximum absolute atomic E-state index is 11.0. The molecule has 4 heteroatoms. The molecule has 0 aliphatic rings. The normalized spacial score (nSPS) is 13.0. The van der Waals surface area contributed by atoms with Gasteiger partial charge in [-0.1, -0.05) is 25.5 Å². The molecule has 0 aromatic carbocycles. The van der Waals surface area contributed by atoms with Gasteiger partial charge in [0.05, 0.1) is 6.61 Å². The van der Waals surface area contributed by atoms with E-state index in [1.807, 2.05) is 12.2 Å². The van der Waals surface area contributed by atoms with E-state index in [1.165, 1.54) is 0 Å². The molecule has 15 heavy (non-hydrogen) atoms. The number of esters is 1. The van der Waals surface area contributed by atoms with E-state index in [2.05, 4.69) is 6.92 Å². The van der Waals surface area contributed by atoms with Crippen LogP contribution in [0.25, 0.3) is 0 Å². The van der Waals surface area contributed by atoms with Crippen molar-refractivity contribution in [2.24, 2.45) is 0 Å². The highest BCUT2D eigenvalue weighted by Crippen LogP contribution is 1.97.